The highest BCUT2D eigenvalue weighted by molar-refractivity contribution is 9.10. The van der Waals surface area contributed by atoms with E-state index in [0.29, 0.717) is 5.56 Å². The van der Waals surface area contributed by atoms with Crippen molar-refractivity contribution < 1.29 is 4.39 Å². The molecule has 0 saturated heterocycles. The summed E-state index contributed by atoms with van der Waals surface area (Å²) >= 11 is 3.39. The maximum absolute atomic E-state index is 13.8. The highest BCUT2D eigenvalue weighted by Crippen LogP contribution is 2.29. The lowest BCUT2D eigenvalue weighted by Gasteiger charge is -2.18. The molecule has 18 heavy (non-hydrogen) atoms. The second-order valence-electron chi connectivity index (χ2n) is 4.56. The van der Waals surface area contributed by atoms with E-state index in [-0.39, 0.29) is 11.9 Å². The summed E-state index contributed by atoms with van der Waals surface area (Å²) < 4.78 is 14.6. The van der Waals surface area contributed by atoms with Gasteiger partial charge in [0.05, 0.1) is 0 Å². The second-order valence-corrected chi connectivity index (χ2v) is 5.41. The number of halogens is 2. The zero-order valence-electron chi connectivity index (χ0n) is 10.9. The lowest BCUT2D eigenvalue weighted by molar-refractivity contribution is 0.457. The minimum atomic E-state index is -0.208. The first-order valence-electron chi connectivity index (χ1n) is 6.60. The minimum absolute atomic E-state index is 0.123. The van der Waals surface area contributed by atoms with Crippen LogP contribution in [0.3, 0.4) is 0 Å². The summed E-state index contributed by atoms with van der Waals surface area (Å²) in [5.41, 5.74) is 3.36. The number of unbranched alkanes of at least 4 members (excludes halogenated alkanes) is 4. The summed E-state index contributed by atoms with van der Waals surface area (Å²) in [6, 6.07) is 4.89. The lowest BCUT2D eigenvalue weighted by atomic mass is 10.00. The third-order valence-corrected chi connectivity index (χ3v) is 3.84. The SMILES string of the molecule is CCCCCCCC(NN)c1c(F)cccc1Br. The van der Waals surface area contributed by atoms with E-state index in [4.69, 9.17) is 5.84 Å². The third-order valence-electron chi connectivity index (χ3n) is 3.15. The topological polar surface area (TPSA) is 38.0 Å². The van der Waals surface area contributed by atoms with Crippen LogP contribution in [-0.4, -0.2) is 0 Å². The van der Waals surface area contributed by atoms with E-state index < -0.39 is 0 Å². The van der Waals surface area contributed by atoms with Crippen molar-refractivity contribution in [2.24, 2.45) is 5.84 Å². The average molecular weight is 317 g/mol. The van der Waals surface area contributed by atoms with Crippen LogP contribution >= 0.6 is 15.9 Å². The van der Waals surface area contributed by atoms with Gasteiger partial charge in [0.1, 0.15) is 5.82 Å². The van der Waals surface area contributed by atoms with Gasteiger partial charge in [-0.25, -0.2) is 4.39 Å². The van der Waals surface area contributed by atoms with E-state index in [9.17, 15) is 4.39 Å². The van der Waals surface area contributed by atoms with Gasteiger partial charge in [-0.3, -0.25) is 11.3 Å². The van der Waals surface area contributed by atoms with Gasteiger partial charge in [-0.15, -0.1) is 0 Å². The maximum Gasteiger partial charge on any atom is 0.129 e. The smallest absolute Gasteiger partial charge is 0.129 e. The van der Waals surface area contributed by atoms with Gasteiger partial charge in [-0.1, -0.05) is 61.0 Å². The van der Waals surface area contributed by atoms with Crippen molar-refractivity contribution in [3.63, 3.8) is 0 Å². The van der Waals surface area contributed by atoms with Gasteiger partial charge < -0.3 is 0 Å². The van der Waals surface area contributed by atoms with Crippen molar-refractivity contribution >= 4 is 15.9 Å². The second kappa shape index (κ2) is 8.62. The molecule has 0 aliphatic rings. The number of hydrazine groups is 1. The van der Waals surface area contributed by atoms with Crippen LogP contribution in [-0.2, 0) is 0 Å². The standard InChI is InChI=1S/C14H22BrFN2/c1-2-3-4-5-6-10-13(18-17)14-11(15)8-7-9-12(14)16/h7-9,13,18H,2-6,10,17H2,1H3. The Morgan fingerprint density at radius 3 is 2.61 bits per heavy atom. The van der Waals surface area contributed by atoms with Gasteiger partial charge in [0.25, 0.3) is 0 Å². The van der Waals surface area contributed by atoms with Crippen LogP contribution in [0.15, 0.2) is 22.7 Å². The molecule has 3 N–H and O–H groups in total. The predicted molar refractivity (Wildman–Crippen MR) is 77.5 cm³/mol. The van der Waals surface area contributed by atoms with E-state index in [1.807, 2.05) is 6.07 Å². The first-order valence-corrected chi connectivity index (χ1v) is 7.40. The van der Waals surface area contributed by atoms with Gasteiger partial charge >= 0.3 is 0 Å². The van der Waals surface area contributed by atoms with Crippen LogP contribution < -0.4 is 11.3 Å². The normalized spacial score (nSPS) is 12.7. The number of hydrogen-bond acceptors (Lipinski definition) is 2. The van der Waals surface area contributed by atoms with Crippen LogP contribution in [0, 0.1) is 5.82 Å². The molecule has 1 atom stereocenters. The molecule has 0 aliphatic carbocycles. The number of nitrogens with two attached hydrogens (primary N) is 1. The summed E-state index contributed by atoms with van der Waals surface area (Å²) in [6.45, 7) is 2.20. The van der Waals surface area contributed by atoms with Crippen LogP contribution in [0.4, 0.5) is 4.39 Å². The molecule has 2 nitrogen and oxygen atoms in total. The Morgan fingerprint density at radius 2 is 2.00 bits per heavy atom. The highest BCUT2D eigenvalue weighted by atomic mass is 79.9. The number of hydrogen-bond donors (Lipinski definition) is 2. The van der Waals surface area contributed by atoms with Crippen molar-refractivity contribution in [3.05, 3.63) is 34.1 Å². The van der Waals surface area contributed by atoms with Crippen LogP contribution in [0.5, 0.6) is 0 Å². The molecule has 0 radical (unpaired) electrons. The molecule has 1 unspecified atom stereocenters. The summed E-state index contributed by atoms with van der Waals surface area (Å²) in [5.74, 6) is 5.34. The Hall–Kier alpha value is -0.450. The van der Waals surface area contributed by atoms with Crippen molar-refractivity contribution in [2.45, 2.75) is 51.5 Å². The van der Waals surface area contributed by atoms with Crippen LogP contribution in [0.2, 0.25) is 0 Å². The number of rotatable bonds is 8. The van der Waals surface area contributed by atoms with Crippen molar-refractivity contribution in [1.82, 2.24) is 5.43 Å². The molecule has 1 aromatic rings. The Labute approximate surface area is 117 Å². The summed E-state index contributed by atoms with van der Waals surface area (Å²) in [7, 11) is 0. The minimum Gasteiger partial charge on any atom is -0.271 e. The Morgan fingerprint density at radius 1 is 1.28 bits per heavy atom. The molecule has 0 spiro atoms. The molecular weight excluding hydrogens is 295 g/mol. The molecule has 0 fully saturated rings. The Kier molecular flexibility index (Phi) is 7.47. The van der Waals surface area contributed by atoms with Gasteiger partial charge in [-0.2, -0.15) is 0 Å². The summed E-state index contributed by atoms with van der Waals surface area (Å²) in [6.07, 6.45) is 6.85. The van der Waals surface area contributed by atoms with Gasteiger partial charge in [-0.05, 0) is 18.6 Å². The first-order chi connectivity index (χ1) is 8.70. The summed E-state index contributed by atoms with van der Waals surface area (Å²) in [4.78, 5) is 0. The highest BCUT2D eigenvalue weighted by Gasteiger charge is 2.16. The molecule has 0 saturated carbocycles. The molecule has 102 valence electrons. The molecular formula is C14H22BrFN2. The van der Waals surface area contributed by atoms with Gasteiger partial charge in [0.2, 0.25) is 0 Å². The van der Waals surface area contributed by atoms with Crippen LogP contribution in [0.25, 0.3) is 0 Å². The molecule has 0 bridgehead atoms. The van der Waals surface area contributed by atoms with Crippen LogP contribution in [0.1, 0.15) is 57.1 Å². The first kappa shape index (κ1) is 15.6. The number of benzene rings is 1. The number of nitrogens with one attached hydrogen (secondary N) is 1. The molecule has 1 aromatic carbocycles. The van der Waals surface area contributed by atoms with Gasteiger partial charge in [0.15, 0.2) is 0 Å². The van der Waals surface area contributed by atoms with E-state index in [0.717, 1.165) is 17.3 Å². The Bertz CT molecular complexity index is 337. The fourth-order valence-electron chi connectivity index (χ4n) is 2.11. The van der Waals surface area contributed by atoms with Crippen molar-refractivity contribution in [3.8, 4) is 0 Å². The van der Waals surface area contributed by atoms with Crippen molar-refractivity contribution in [1.29, 1.82) is 0 Å². The average Bonchev–Trinajstić information content (AvgIpc) is 2.36. The molecule has 0 amide bonds. The van der Waals surface area contributed by atoms with E-state index in [1.54, 1.807) is 6.07 Å². The fraction of sp³-hybridized carbons (Fsp3) is 0.571. The van der Waals surface area contributed by atoms with E-state index in [1.165, 1.54) is 31.7 Å². The quantitative estimate of drug-likeness (QED) is 0.422. The molecule has 0 aliphatic heterocycles. The zero-order valence-corrected chi connectivity index (χ0v) is 12.5. The fourth-order valence-corrected chi connectivity index (χ4v) is 2.72. The third kappa shape index (κ3) is 4.67. The summed E-state index contributed by atoms with van der Waals surface area (Å²) in [5, 5.41) is 0. The predicted octanol–water partition coefficient (Wildman–Crippen LogP) is 4.45. The molecule has 4 heteroatoms. The molecule has 0 aromatic heterocycles. The van der Waals surface area contributed by atoms with Gasteiger partial charge in [0, 0.05) is 16.1 Å². The maximum atomic E-state index is 13.8. The molecule has 1 rings (SSSR count). The molecule has 0 heterocycles. The monoisotopic (exact) mass is 316 g/mol. The van der Waals surface area contributed by atoms with Crippen molar-refractivity contribution in [2.75, 3.05) is 0 Å². The zero-order chi connectivity index (χ0) is 13.4. The lowest BCUT2D eigenvalue weighted by Crippen LogP contribution is -2.29. The van der Waals surface area contributed by atoms with E-state index >= 15 is 0 Å². The van der Waals surface area contributed by atoms with E-state index in [2.05, 4.69) is 28.3 Å². The Balaban J connectivity index is 2.55. The largest absolute Gasteiger partial charge is 0.271 e.